The summed E-state index contributed by atoms with van der Waals surface area (Å²) < 4.78 is 1.14. The van der Waals surface area contributed by atoms with Crippen molar-refractivity contribution in [1.82, 2.24) is 4.90 Å². The van der Waals surface area contributed by atoms with Crippen molar-refractivity contribution in [3.63, 3.8) is 0 Å². The van der Waals surface area contributed by atoms with Crippen LogP contribution in [0.5, 0.6) is 0 Å². The maximum atomic E-state index is 11.7. The molecule has 0 aliphatic rings. The highest BCUT2D eigenvalue weighted by molar-refractivity contribution is 9.11. The topological polar surface area (TPSA) is 40.5 Å². The van der Waals surface area contributed by atoms with Crippen molar-refractivity contribution in [3.8, 4) is 0 Å². The van der Waals surface area contributed by atoms with Crippen LogP contribution in [0, 0.1) is 0 Å². The minimum atomic E-state index is 0.140. The lowest BCUT2D eigenvalue weighted by molar-refractivity contribution is -0.130. The van der Waals surface area contributed by atoms with Crippen molar-refractivity contribution in [2.24, 2.45) is 0 Å². The molecule has 1 aromatic rings. The quantitative estimate of drug-likeness (QED) is 0.839. The van der Waals surface area contributed by atoms with E-state index in [1.54, 1.807) is 23.3 Å². The lowest BCUT2D eigenvalue weighted by atomic mass is 10.2. The third kappa shape index (κ3) is 5.66. The van der Waals surface area contributed by atoms with Gasteiger partial charge >= 0.3 is 0 Å². The van der Waals surface area contributed by atoms with Crippen LogP contribution in [0.15, 0.2) is 15.9 Å². The van der Waals surface area contributed by atoms with E-state index in [-0.39, 0.29) is 12.5 Å². The van der Waals surface area contributed by atoms with Crippen molar-refractivity contribution in [3.05, 3.63) is 20.8 Å². The fourth-order valence-corrected chi connectivity index (χ4v) is 3.05. The zero-order valence-corrected chi connectivity index (χ0v) is 12.4. The Balaban J connectivity index is 2.19. The molecule has 1 N–H and O–H groups in total. The highest BCUT2D eigenvalue weighted by Gasteiger charge is 2.08. The van der Waals surface area contributed by atoms with Gasteiger partial charge in [0, 0.05) is 31.5 Å². The molecule has 0 saturated carbocycles. The highest BCUT2D eigenvalue weighted by atomic mass is 79.9. The summed E-state index contributed by atoms with van der Waals surface area (Å²) in [5.74, 6) is 0.161. The summed E-state index contributed by atoms with van der Waals surface area (Å²) in [6.45, 7) is 0.778. The largest absolute Gasteiger partial charge is 0.396 e. The standard InChI is InChI=1S/C12H18BrNO2S/c1-14(8-3-9-15)12(16)5-2-4-10-6-7-11(13)17-10/h6-7,15H,2-5,8-9H2,1H3. The summed E-state index contributed by atoms with van der Waals surface area (Å²) >= 11 is 5.14. The van der Waals surface area contributed by atoms with Crippen LogP contribution in [0.1, 0.15) is 24.1 Å². The van der Waals surface area contributed by atoms with Gasteiger partial charge in [-0.15, -0.1) is 11.3 Å². The number of carbonyl (C=O) groups is 1. The van der Waals surface area contributed by atoms with E-state index in [1.807, 2.05) is 6.07 Å². The SMILES string of the molecule is CN(CCCO)C(=O)CCCc1ccc(Br)s1. The molecule has 1 amide bonds. The Labute approximate surface area is 115 Å². The molecule has 1 rings (SSSR count). The van der Waals surface area contributed by atoms with Crippen LogP contribution in [0.25, 0.3) is 0 Å². The highest BCUT2D eigenvalue weighted by Crippen LogP contribution is 2.23. The summed E-state index contributed by atoms with van der Waals surface area (Å²) in [7, 11) is 1.79. The molecular weight excluding hydrogens is 302 g/mol. The van der Waals surface area contributed by atoms with Crippen LogP contribution in [0.4, 0.5) is 0 Å². The van der Waals surface area contributed by atoms with E-state index in [1.165, 1.54) is 4.88 Å². The average Bonchev–Trinajstić information content (AvgIpc) is 2.71. The number of aliphatic hydroxyl groups is 1. The van der Waals surface area contributed by atoms with E-state index < -0.39 is 0 Å². The molecule has 0 saturated heterocycles. The van der Waals surface area contributed by atoms with Crippen LogP contribution in [0.3, 0.4) is 0 Å². The smallest absolute Gasteiger partial charge is 0.222 e. The molecule has 0 aliphatic carbocycles. The lowest BCUT2D eigenvalue weighted by Crippen LogP contribution is -2.28. The minimum Gasteiger partial charge on any atom is -0.396 e. The van der Waals surface area contributed by atoms with Crippen LogP contribution in [-0.4, -0.2) is 36.1 Å². The number of rotatable bonds is 7. The normalized spacial score (nSPS) is 10.5. The number of hydrogen-bond acceptors (Lipinski definition) is 3. The predicted molar refractivity (Wildman–Crippen MR) is 74.3 cm³/mol. The zero-order valence-electron chi connectivity index (χ0n) is 9.99. The maximum absolute atomic E-state index is 11.7. The van der Waals surface area contributed by atoms with E-state index in [2.05, 4.69) is 22.0 Å². The fraction of sp³-hybridized carbons (Fsp3) is 0.583. The van der Waals surface area contributed by atoms with Gasteiger partial charge in [-0.05, 0) is 47.3 Å². The second-order valence-electron chi connectivity index (χ2n) is 3.95. The molecule has 0 radical (unpaired) electrons. The number of aryl methyl sites for hydroxylation is 1. The summed E-state index contributed by atoms with van der Waals surface area (Å²) in [5.41, 5.74) is 0. The van der Waals surface area contributed by atoms with E-state index in [4.69, 9.17) is 5.11 Å². The number of hydrogen-bond donors (Lipinski definition) is 1. The molecule has 0 aliphatic heterocycles. The van der Waals surface area contributed by atoms with E-state index in [9.17, 15) is 4.79 Å². The van der Waals surface area contributed by atoms with Crippen molar-refractivity contribution in [2.45, 2.75) is 25.7 Å². The third-order valence-corrected chi connectivity index (χ3v) is 4.20. The molecule has 0 atom stereocenters. The van der Waals surface area contributed by atoms with Crippen LogP contribution in [0.2, 0.25) is 0 Å². The molecule has 0 aromatic carbocycles. The second-order valence-corrected chi connectivity index (χ2v) is 6.50. The Morgan fingerprint density at radius 2 is 2.24 bits per heavy atom. The Morgan fingerprint density at radius 3 is 2.82 bits per heavy atom. The van der Waals surface area contributed by atoms with Gasteiger partial charge in [-0.1, -0.05) is 0 Å². The molecule has 1 heterocycles. The molecule has 0 bridgehead atoms. The summed E-state index contributed by atoms with van der Waals surface area (Å²) in [6.07, 6.45) is 3.07. The first-order valence-corrected chi connectivity index (χ1v) is 7.33. The van der Waals surface area contributed by atoms with E-state index in [0.29, 0.717) is 19.4 Å². The number of carbonyl (C=O) groups excluding carboxylic acids is 1. The molecule has 0 spiro atoms. The molecule has 1 aromatic heterocycles. The Hall–Kier alpha value is -0.390. The monoisotopic (exact) mass is 319 g/mol. The summed E-state index contributed by atoms with van der Waals surface area (Å²) in [5, 5.41) is 8.68. The van der Waals surface area contributed by atoms with Crippen molar-refractivity contribution < 1.29 is 9.90 Å². The number of aliphatic hydroxyl groups excluding tert-OH is 1. The van der Waals surface area contributed by atoms with Crippen molar-refractivity contribution in [1.29, 1.82) is 0 Å². The first-order valence-electron chi connectivity index (χ1n) is 5.72. The molecule has 0 fully saturated rings. The fourth-order valence-electron chi connectivity index (χ4n) is 1.52. The molecule has 17 heavy (non-hydrogen) atoms. The van der Waals surface area contributed by atoms with Gasteiger partial charge in [0.2, 0.25) is 5.91 Å². The number of halogens is 1. The Bertz CT molecular complexity index is 354. The van der Waals surface area contributed by atoms with Gasteiger partial charge in [0.05, 0.1) is 3.79 Å². The van der Waals surface area contributed by atoms with E-state index in [0.717, 1.165) is 16.6 Å². The maximum Gasteiger partial charge on any atom is 0.222 e. The van der Waals surface area contributed by atoms with E-state index >= 15 is 0 Å². The third-order valence-electron chi connectivity index (χ3n) is 2.52. The van der Waals surface area contributed by atoms with Crippen LogP contribution < -0.4 is 0 Å². The summed E-state index contributed by atoms with van der Waals surface area (Å²) in [6, 6.07) is 4.13. The molecule has 0 unspecified atom stereocenters. The zero-order chi connectivity index (χ0) is 12.7. The molecular formula is C12H18BrNO2S. The van der Waals surface area contributed by atoms with Gasteiger partial charge in [0.25, 0.3) is 0 Å². The lowest BCUT2D eigenvalue weighted by Gasteiger charge is -2.16. The Morgan fingerprint density at radius 1 is 1.47 bits per heavy atom. The van der Waals surface area contributed by atoms with Gasteiger partial charge in [-0.3, -0.25) is 4.79 Å². The van der Waals surface area contributed by atoms with Crippen LogP contribution in [-0.2, 0) is 11.2 Å². The molecule has 5 heteroatoms. The summed E-state index contributed by atoms with van der Waals surface area (Å²) in [4.78, 5) is 14.7. The second kappa shape index (κ2) is 7.84. The van der Waals surface area contributed by atoms with Crippen molar-refractivity contribution in [2.75, 3.05) is 20.2 Å². The minimum absolute atomic E-state index is 0.140. The molecule has 96 valence electrons. The average molecular weight is 320 g/mol. The van der Waals surface area contributed by atoms with Gasteiger partial charge in [0.1, 0.15) is 0 Å². The van der Waals surface area contributed by atoms with Crippen LogP contribution >= 0.6 is 27.3 Å². The number of amides is 1. The van der Waals surface area contributed by atoms with Gasteiger partial charge in [0.15, 0.2) is 0 Å². The Kier molecular flexibility index (Phi) is 6.77. The predicted octanol–water partition coefficient (Wildman–Crippen LogP) is 2.67. The van der Waals surface area contributed by atoms with Crippen molar-refractivity contribution >= 4 is 33.2 Å². The van der Waals surface area contributed by atoms with Gasteiger partial charge in [-0.25, -0.2) is 0 Å². The first-order chi connectivity index (χ1) is 8.13. The van der Waals surface area contributed by atoms with Gasteiger partial charge in [-0.2, -0.15) is 0 Å². The molecule has 3 nitrogen and oxygen atoms in total. The number of thiophene rings is 1. The first kappa shape index (κ1) is 14.7. The number of nitrogens with zero attached hydrogens (tertiary/aromatic N) is 1. The van der Waals surface area contributed by atoms with Gasteiger partial charge < -0.3 is 10.0 Å².